The van der Waals surface area contributed by atoms with Crippen molar-refractivity contribution in [2.75, 3.05) is 11.5 Å². The number of hydrogen-bond donors (Lipinski definition) is 1. The first-order valence-corrected chi connectivity index (χ1v) is 3.45. The van der Waals surface area contributed by atoms with Gasteiger partial charge in [-0.05, 0) is 0 Å². The predicted molar refractivity (Wildman–Crippen MR) is 34.2 cm³/mol. The van der Waals surface area contributed by atoms with Gasteiger partial charge in [-0.3, -0.25) is 0 Å². The van der Waals surface area contributed by atoms with Crippen LogP contribution in [0, 0.1) is 11.3 Å². The Morgan fingerprint density at radius 2 is 2.38 bits per heavy atom. The van der Waals surface area contributed by atoms with Gasteiger partial charge in [0.1, 0.15) is 0 Å². The highest BCUT2D eigenvalue weighted by Crippen LogP contribution is 2.19. The molecule has 2 N–H and O–H groups in total. The molecule has 0 atom stereocenters. The second kappa shape index (κ2) is 2.10. The van der Waals surface area contributed by atoms with Crippen molar-refractivity contribution in [1.82, 2.24) is 0 Å². The minimum absolute atomic E-state index is 0.759. The quantitative estimate of drug-likeness (QED) is 0.513. The summed E-state index contributed by atoms with van der Waals surface area (Å²) < 4.78 is 0. The van der Waals surface area contributed by atoms with E-state index in [2.05, 4.69) is 0 Å². The number of nitrogens with two attached hydrogens (primary N) is 1. The molecule has 1 aliphatic rings. The summed E-state index contributed by atoms with van der Waals surface area (Å²) in [5, 5.41) is 8.34. The zero-order valence-corrected chi connectivity index (χ0v) is 5.16. The molecular weight excluding hydrogens is 120 g/mol. The lowest BCUT2D eigenvalue weighted by atomic mass is 10.3. The molecule has 0 unspecified atom stereocenters. The van der Waals surface area contributed by atoms with Gasteiger partial charge >= 0.3 is 0 Å². The Bertz CT molecular complexity index is 166. The summed E-state index contributed by atoms with van der Waals surface area (Å²) in [5.41, 5.74) is 6.95. The van der Waals surface area contributed by atoms with Crippen LogP contribution in [0.1, 0.15) is 0 Å². The SMILES string of the molecule is N#CC1=C(N)CSC1. The number of nitrogens with zero attached hydrogens (tertiary/aromatic N) is 1. The molecular formula is C5H6N2S. The zero-order valence-electron chi connectivity index (χ0n) is 4.35. The van der Waals surface area contributed by atoms with E-state index in [1.54, 1.807) is 11.8 Å². The molecule has 3 heteroatoms. The minimum atomic E-state index is 0.759. The van der Waals surface area contributed by atoms with E-state index in [0.29, 0.717) is 0 Å². The van der Waals surface area contributed by atoms with Crippen molar-refractivity contribution in [3.63, 3.8) is 0 Å². The van der Waals surface area contributed by atoms with Crippen molar-refractivity contribution in [2.24, 2.45) is 5.73 Å². The van der Waals surface area contributed by atoms with E-state index < -0.39 is 0 Å². The van der Waals surface area contributed by atoms with E-state index >= 15 is 0 Å². The first kappa shape index (κ1) is 5.52. The molecule has 1 heterocycles. The van der Waals surface area contributed by atoms with Crippen LogP contribution in [-0.4, -0.2) is 11.5 Å². The van der Waals surface area contributed by atoms with E-state index in [4.69, 9.17) is 11.0 Å². The lowest BCUT2D eigenvalue weighted by Crippen LogP contribution is -1.97. The fraction of sp³-hybridized carbons (Fsp3) is 0.400. The standard InChI is InChI=1S/C5H6N2S/c6-1-4-2-8-3-5(4)7/h2-3,7H2. The van der Waals surface area contributed by atoms with Gasteiger partial charge in [0.25, 0.3) is 0 Å². The molecule has 0 aromatic rings. The summed E-state index contributed by atoms with van der Waals surface area (Å²) in [6, 6.07) is 2.05. The third-order valence-corrected chi connectivity index (χ3v) is 2.03. The maximum atomic E-state index is 8.34. The molecule has 0 bridgehead atoms. The molecule has 2 nitrogen and oxygen atoms in total. The summed E-state index contributed by atoms with van der Waals surface area (Å²) in [6.45, 7) is 0. The summed E-state index contributed by atoms with van der Waals surface area (Å²) in [6.07, 6.45) is 0. The van der Waals surface area contributed by atoms with Crippen molar-refractivity contribution >= 4 is 11.8 Å². The molecule has 0 aromatic heterocycles. The predicted octanol–water partition coefficient (Wildman–Crippen LogP) is 0.470. The molecule has 42 valence electrons. The second-order valence-corrected chi connectivity index (χ2v) is 2.59. The van der Waals surface area contributed by atoms with Crippen LogP contribution in [0.15, 0.2) is 11.3 Å². The average molecular weight is 126 g/mol. The highest BCUT2D eigenvalue weighted by molar-refractivity contribution is 7.99. The van der Waals surface area contributed by atoms with Crippen molar-refractivity contribution in [1.29, 1.82) is 5.26 Å². The molecule has 1 aliphatic heterocycles. The second-order valence-electron chi connectivity index (χ2n) is 1.61. The van der Waals surface area contributed by atoms with Gasteiger partial charge in [-0.1, -0.05) is 0 Å². The summed E-state index contributed by atoms with van der Waals surface area (Å²) in [5.74, 6) is 1.64. The van der Waals surface area contributed by atoms with E-state index in [1.807, 2.05) is 6.07 Å². The van der Waals surface area contributed by atoms with Crippen molar-refractivity contribution in [3.05, 3.63) is 11.3 Å². The number of thioether (sulfide) groups is 1. The van der Waals surface area contributed by atoms with Crippen LogP contribution in [0.3, 0.4) is 0 Å². The lowest BCUT2D eigenvalue weighted by molar-refractivity contribution is 1.29. The van der Waals surface area contributed by atoms with E-state index in [1.165, 1.54) is 0 Å². The maximum absolute atomic E-state index is 8.34. The maximum Gasteiger partial charge on any atom is 0.0974 e. The summed E-state index contributed by atoms with van der Waals surface area (Å²) >= 11 is 1.69. The van der Waals surface area contributed by atoms with Gasteiger partial charge in [-0.25, -0.2) is 0 Å². The lowest BCUT2D eigenvalue weighted by Gasteiger charge is -1.84. The van der Waals surface area contributed by atoms with Gasteiger partial charge in [0.15, 0.2) is 0 Å². The zero-order chi connectivity index (χ0) is 5.98. The van der Waals surface area contributed by atoms with Crippen LogP contribution in [0.4, 0.5) is 0 Å². The molecule has 0 fully saturated rings. The molecule has 0 saturated heterocycles. The fourth-order valence-corrected chi connectivity index (χ4v) is 1.50. The van der Waals surface area contributed by atoms with Gasteiger partial charge in [0, 0.05) is 17.2 Å². The third-order valence-electron chi connectivity index (χ3n) is 1.03. The monoisotopic (exact) mass is 126 g/mol. The molecule has 0 amide bonds. The van der Waals surface area contributed by atoms with Crippen LogP contribution in [0.25, 0.3) is 0 Å². The minimum Gasteiger partial charge on any atom is -0.401 e. The Morgan fingerprint density at radius 3 is 2.62 bits per heavy atom. The van der Waals surface area contributed by atoms with Gasteiger partial charge in [-0.2, -0.15) is 17.0 Å². The number of hydrogen-bond acceptors (Lipinski definition) is 3. The first-order chi connectivity index (χ1) is 3.84. The normalized spacial score (nSPS) is 18.9. The Morgan fingerprint density at radius 1 is 1.62 bits per heavy atom. The van der Waals surface area contributed by atoms with Gasteiger partial charge in [0.2, 0.25) is 0 Å². The molecule has 0 saturated carbocycles. The molecule has 0 spiro atoms. The molecule has 1 rings (SSSR count). The average Bonchev–Trinajstić information content (AvgIpc) is 2.14. The van der Waals surface area contributed by atoms with Crippen molar-refractivity contribution in [2.45, 2.75) is 0 Å². The third kappa shape index (κ3) is 0.797. The Hall–Kier alpha value is -0.620. The van der Waals surface area contributed by atoms with Crippen molar-refractivity contribution < 1.29 is 0 Å². The first-order valence-electron chi connectivity index (χ1n) is 2.30. The largest absolute Gasteiger partial charge is 0.401 e. The molecule has 0 radical (unpaired) electrons. The van der Waals surface area contributed by atoms with Crippen LogP contribution in [-0.2, 0) is 0 Å². The smallest absolute Gasteiger partial charge is 0.0974 e. The Kier molecular flexibility index (Phi) is 1.45. The highest BCUT2D eigenvalue weighted by atomic mass is 32.2. The fourth-order valence-electron chi connectivity index (χ4n) is 0.547. The highest BCUT2D eigenvalue weighted by Gasteiger charge is 2.09. The number of nitriles is 1. The summed E-state index contributed by atoms with van der Waals surface area (Å²) in [7, 11) is 0. The van der Waals surface area contributed by atoms with Gasteiger partial charge in [0.05, 0.1) is 11.6 Å². The van der Waals surface area contributed by atoms with Gasteiger partial charge in [-0.15, -0.1) is 0 Å². The van der Waals surface area contributed by atoms with Crippen LogP contribution < -0.4 is 5.73 Å². The molecule has 8 heavy (non-hydrogen) atoms. The van der Waals surface area contributed by atoms with Crippen LogP contribution >= 0.6 is 11.8 Å². The van der Waals surface area contributed by atoms with Crippen LogP contribution in [0.5, 0.6) is 0 Å². The van der Waals surface area contributed by atoms with Crippen molar-refractivity contribution in [3.8, 4) is 6.07 Å². The van der Waals surface area contributed by atoms with E-state index in [0.717, 1.165) is 22.8 Å². The topological polar surface area (TPSA) is 49.8 Å². The van der Waals surface area contributed by atoms with Crippen LogP contribution in [0.2, 0.25) is 0 Å². The Balaban J connectivity index is 2.77. The van der Waals surface area contributed by atoms with E-state index in [-0.39, 0.29) is 0 Å². The molecule has 0 aromatic carbocycles. The summed E-state index contributed by atoms with van der Waals surface area (Å²) in [4.78, 5) is 0. The van der Waals surface area contributed by atoms with E-state index in [9.17, 15) is 0 Å². The van der Waals surface area contributed by atoms with Gasteiger partial charge < -0.3 is 5.73 Å². The molecule has 0 aliphatic carbocycles. The number of rotatable bonds is 0. The Labute approximate surface area is 52.4 Å².